The summed E-state index contributed by atoms with van der Waals surface area (Å²) in [6.45, 7) is 5.43. The van der Waals surface area contributed by atoms with Gasteiger partial charge in [-0.3, -0.25) is 0 Å². The van der Waals surface area contributed by atoms with Crippen molar-refractivity contribution >= 4 is 19.7 Å². The summed E-state index contributed by atoms with van der Waals surface area (Å²) < 4.78 is 21.2. The van der Waals surface area contributed by atoms with Gasteiger partial charge in [0.25, 0.3) is 9.05 Å². The Balaban J connectivity index is 3.72. The van der Waals surface area contributed by atoms with Gasteiger partial charge < -0.3 is 0 Å². The molecule has 0 rings (SSSR count). The van der Waals surface area contributed by atoms with Crippen LogP contribution < -0.4 is 0 Å². The first kappa shape index (κ1) is 11.0. The Morgan fingerprint density at radius 2 is 2.00 bits per heavy atom. The third-order valence-electron chi connectivity index (χ3n) is 1.40. The van der Waals surface area contributed by atoms with Crippen LogP contribution in [0.4, 0.5) is 0 Å². The highest BCUT2D eigenvalue weighted by molar-refractivity contribution is 8.16. The maximum Gasteiger partial charge on any atom is 0.256 e. The molecule has 0 radical (unpaired) electrons. The summed E-state index contributed by atoms with van der Waals surface area (Å²) in [7, 11) is 1.53. The summed E-state index contributed by atoms with van der Waals surface area (Å²) in [5, 5.41) is 0. The number of rotatable bonds is 5. The SMILES string of the molecule is C=C(CCCCC)S(=O)(=O)Cl. The third kappa shape index (κ3) is 5.27. The van der Waals surface area contributed by atoms with Crippen molar-refractivity contribution in [2.75, 3.05) is 0 Å². The number of halogens is 1. The topological polar surface area (TPSA) is 34.1 Å². The van der Waals surface area contributed by atoms with Gasteiger partial charge >= 0.3 is 0 Å². The van der Waals surface area contributed by atoms with Crippen LogP contribution in [0.15, 0.2) is 11.5 Å². The van der Waals surface area contributed by atoms with Crippen LogP contribution in [0.2, 0.25) is 0 Å². The molecule has 0 amide bonds. The van der Waals surface area contributed by atoms with Gasteiger partial charge in [-0.1, -0.05) is 26.3 Å². The monoisotopic (exact) mass is 196 g/mol. The first-order chi connectivity index (χ1) is 4.98. The van der Waals surface area contributed by atoms with E-state index in [9.17, 15) is 8.42 Å². The molecule has 0 heterocycles. The first-order valence-corrected chi connectivity index (χ1v) is 5.92. The lowest BCUT2D eigenvalue weighted by Gasteiger charge is -1.98. The third-order valence-corrected chi connectivity index (χ3v) is 2.95. The van der Waals surface area contributed by atoms with E-state index < -0.39 is 9.05 Å². The molecular weight excluding hydrogens is 184 g/mol. The average Bonchev–Trinajstić information content (AvgIpc) is 1.86. The summed E-state index contributed by atoms with van der Waals surface area (Å²) in [4.78, 5) is 0.132. The van der Waals surface area contributed by atoms with Crippen LogP contribution in [0.3, 0.4) is 0 Å². The molecule has 0 aromatic carbocycles. The average molecular weight is 197 g/mol. The minimum absolute atomic E-state index is 0.132. The Kier molecular flexibility index (Phi) is 4.77. The highest BCUT2D eigenvalue weighted by Gasteiger charge is 2.09. The van der Waals surface area contributed by atoms with Gasteiger partial charge in [0.15, 0.2) is 0 Å². The second-order valence-corrected chi connectivity index (χ2v) is 5.11. The molecule has 0 saturated carbocycles. The van der Waals surface area contributed by atoms with Crippen molar-refractivity contribution in [2.45, 2.75) is 32.6 Å². The molecule has 0 saturated heterocycles. The zero-order valence-electron chi connectivity index (χ0n) is 6.64. The van der Waals surface area contributed by atoms with Crippen LogP contribution in [-0.4, -0.2) is 8.42 Å². The predicted molar refractivity (Wildman–Crippen MR) is 48.1 cm³/mol. The van der Waals surface area contributed by atoms with Crippen LogP contribution in [0.1, 0.15) is 32.6 Å². The molecular formula is C7H13ClO2S. The Morgan fingerprint density at radius 3 is 2.36 bits per heavy atom. The van der Waals surface area contributed by atoms with Crippen molar-refractivity contribution in [3.63, 3.8) is 0 Å². The van der Waals surface area contributed by atoms with Crippen LogP contribution in [0, 0.1) is 0 Å². The Hall–Kier alpha value is -0.0200. The van der Waals surface area contributed by atoms with Gasteiger partial charge in [-0.25, -0.2) is 8.42 Å². The lowest BCUT2D eigenvalue weighted by atomic mass is 10.2. The van der Waals surface area contributed by atoms with Crippen LogP contribution in [0.25, 0.3) is 0 Å². The molecule has 0 aromatic heterocycles. The summed E-state index contributed by atoms with van der Waals surface area (Å²) >= 11 is 0. The standard InChI is InChI=1S/C7H13ClO2S/c1-3-4-5-6-7(2)11(8,9)10/h2-6H2,1H3. The molecule has 0 aliphatic heterocycles. The quantitative estimate of drug-likeness (QED) is 0.501. The maximum absolute atomic E-state index is 10.6. The lowest BCUT2D eigenvalue weighted by molar-refractivity contribution is 0.611. The molecule has 0 atom stereocenters. The highest BCUT2D eigenvalue weighted by atomic mass is 35.7. The fourth-order valence-electron chi connectivity index (χ4n) is 0.694. The van der Waals surface area contributed by atoms with Crippen molar-refractivity contribution < 1.29 is 8.42 Å². The van der Waals surface area contributed by atoms with Crippen LogP contribution >= 0.6 is 10.7 Å². The summed E-state index contributed by atoms with van der Waals surface area (Å²) in [5.74, 6) is 0. The predicted octanol–water partition coefficient (Wildman–Crippen LogP) is 2.65. The van der Waals surface area contributed by atoms with Gasteiger partial charge in [0, 0.05) is 10.7 Å². The zero-order chi connectivity index (χ0) is 8.91. The molecule has 0 aliphatic rings. The minimum atomic E-state index is -3.51. The zero-order valence-corrected chi connectivity index (χ0v) is 8.21. The van der Waals surface area contributed by atoms with E-state index in [1.165, 1.54) is 0 Å². The van der Waals surface area contributed by atoms with E-state index in [4.69, 9.17) is 10.7 Å². The number of unbranched alkanes of at least 4 members (excludes halogenated alkanes) is 2. The van der Waals surface area contributed by atoms with E-state index in [0.29, 0.717) is 6.42 Å². The molecule has 4 heteroatoms. The lowest BCUT2D eigenvalue weighted by Crippen LogP contribution is -1.92. The Labute approximate surface area is 72.7 Å². The first-order valence-electron chi connectivity index (χ1n) is 3.61. The van der Waals surface area contributed by atoms with E-state index >= 15 is 0 Å². The van der Waals surface area contributed by atoms with Crippen molar-refractivity contribution in [2.24, 2.45) is 0 Å². The van der Waals surface area contributed by atoms with Crippen molar-refractivity contribution in [1.29, 1.82) is 0 Å². The van der Waals surface area contributed by atoms with Gasteiger partial charge in [-0.05, 0) is 12.8 Å². The van der Waals surface area contributed by atoms with E-state index in [2.05, 4.69) is 13.5 Å². The number of hydrogen-bond acceptors (Lipinski definition) is 2. The van der Waals surface area contributed by atoms with Crippen LogP contribution in [0.5, 0.6) is 0 Å². The largest absolute Gasteiger partial charge is 0.256 e. The molecule has 0 fully saturated rings. The van der Waals surface area contributed by atoms with E-state index in [0.717, 1.165) is 19.3 Å². The molecule has 66 valence electrons. The normalized spacial score (nSPS) is 11.5. The number of hydrogen-bond donors (Lipinski definition) is 0. The molecule has 11 heavy (non-hydrogen) atoms. The van der Waals surface area contributed by atoms with E-state index in [-0.39, 0.29) is 4.91 Å². The minimum Gasteiger partial charge on any atom is -0.207 e. The van der Waals surface area contributed by atoms with E-state index in [1.807, 2.05) is 0 Å². The number of allylic oxidation sites excluding steroid dienone is 1. The molecule has 0 aromatic rings. The molecule has 0 aliphatic carbocycles. The second-order valence-electron chi connectivity index (χ2n) is 2.43. The van der Waals surface area contributed by atoms with Crippen molar-refractivity contribution in [3.8, 4) is 0 Å². The van der Waals surface area contributed by atoms with Crippen molar-refractivity contribution in [3.05, 3.63) is 11.5 Å². The van der Waals surface area contributed by atoms with Crippen molar-refractivity contribution in [1.82, 2.24) is 0 Å². The highest BCUT2D eigenvalue weighted by Crippen LogP contribution is 2.16. The van der Waals surface area contributed by atoms with Gasteiger partial charge in [0.1, 0.15) is 0 Å². The summed E-state index contributed by atoms with van der Waals surface area (Å²) in [6.07, 6.45) is 3.42. The van der Waals surface area contributed by atoms with Gasteiger partial charge in [0.05, 0.1) is 4.91 Å². The smallest absolute Gasteiger partial charge is 0.207 e. The summed E-state index contributed by atoms with van der Waals surface area (Å²) in [6, 6.07) is 0. The van der Waals surface area contributed by atoms with Gasteiger partial charge in [-0.15, -0.1) is 0 Å². The van der Waals surface area contributed by atoms with E-state index in [1.54, 1.807) is 0 Å². The second kappa shape index (κ2) is 4.78. The van der Waals surface area contributed by atoms with Crippen LogP contribution in [-0.2, 0) is 9.05 Å². The molecule has 0 bridgehead atoms. The fourth-order valence-corrected chi connectivity index (χ4v) is 1.31. The summed E-state index contributed by atoms with van der Waals surface area (Å²) in [5.41, 5.74) is 0. The van der Waals surface area contributed by atoms with Gasteiger partial charge in [-0.2, -0.15) is 0 Å². The molecule has 0 unspecified atom stereocenters. The van der Waals surface area contributed by atoms with Gasteiger partial charge in [0.2, 0.25) is 0 Å². The maximum atomic E-state index is 10.6. The Bertz CT molecular complexity index is 219. The molecule has 0 spiro atoms. The fraction of sp³-hybridized carbons (Fsp3) is 0.714. The molecule has 0 N–H and O–H groups in total. The molecule has 2 nitrogen and oxygen atoms in total. The Morgan fingerprint density at radius 1 is 1.45 bits per heavy atom.